The van der Waals surface area contributed by atoms with Crippen LogP contribution in [0.1, 0.15) is 71.6 Å². The lowest BCUT2D eigenvalue weighted by Crippen LogP contribution is -2.37. The van der Waals surface area contributed by atoms with Crippen LogP contribution < -0.4 is 0 Å². The molecule has 1 aliphatic carbocycles. The Morgan fingerprint density at radius 3 is 2.50 bits per heavy atom. The normalized spacial score (nSPS) is 23.3. The Bertz CT molecular complexity index is 285. The lowest BCUT2D eigenvalue weighted by atomic mass is 9.80. The van der Waals surface area contributed by atoms with Gasteiger partial charge in [0.25, 0.3) is 0 Å². The smallest absolute Gasteiger partial charge is 0.319 e. The number of ketones is 1. The van der Waals surface area contributed by atoms with Crippen LogP contribution in [-0.2, 0) is 14.3 Å². The Balaban J connectivity index is 2.59. The third kappa shape index (κ3) is 3.56. The van der Waals surface area contributed by atoms with Gasteiger partial charge in [0.15, 0.2) is 0 Å². The van der Waals surface area contributed by atoms with Crippen molar-refractivity contribution < 1.29 is 14.3 Å². The van der Waals surface area contributed by atoms with Gasteiger partial charge >= 0.3 is 5.97 Å². The van der Waals surface area contributed by atoms with E-state index in [1.807, 2.05) is 0 Å². The van der Waals surface area contributed by atoms with Crippen molar-refractivity contribution >= 4 is 11.8 Å². The van der Waals surface area contributed by atoms with Crippen LogP contribution in [0.3, 0.4) is 0 Å². The van der Waals surface area contributed by atoms with E-state index in [1.165, 1.54) is 0 Å². The SMILES string of the molecule is CCCCCC1(C(=O)OCCCC)CCCC1=O. The molecule has 0 aliphatic heterocycles. The molecule has 104 valence electrons. The molecule has 0 aromatic rings. The van der Waals surface area contributed by atoms with Crippen LogP contribution in [0.4, 0.5) is 0 Å². The Morgan fingerprint density at radius 1 is 1.22 bits per heavy atom. The van der Waals surface area contributed by atoms with Gasteiger partial charge in [-0.2, -0.15) is 0 Å². The summed E-state index contributed by atoms with van der Waals surface area (Å²) in [5, 5.41) is 0. The fourth-order valence-corrected chi connectivity index (χ4v) is 2.64. The largest absolute Gasteiger partial charge is 0.465 e. The minimum absolute atomic E-state index is 0.111. The van der Waals surface area contributed by atoms with Crippen molar-refractivity contribution in [3.8, 4) is 0 Å². The Kier molecular flexibility index (Phi) is 6.37. The fourth-order valence-electron chi connectivity index (χ4n) is 2.64. The molecule has 0 heterocycles. The van der Waals surface area contributed by atoms with Crippen molar-refractivity contribution in [2.24, 2.45) is 5.41 Å². The minimum atomic E-state index is -0.789. The zero-order chi connectivity index (χ0) is 13.4. The Hall–Kier alpha value is -0.860. The van der Waals surface area contributed by atoms with Crippen LogP contribution in [0.2, 0.25) is 0 Å². The third-order valence-electron chi connectivity index (χ3n) is 3.87. The molecule has 18 heavy (non-hydrogen) atoms. The minimum Gasteiger partial charge on any atom is -0.465 e. The molecule has 0 spiro atoms. The molecule has 0 amide bonds. The number of hydrogen-bond donors (Lipinski definition) is 0. The van der Waals surface area contributed by atoms with Crippen LogP contribution in [0, 0.1) is 5.41 Å². The number of ether oxygens (including phenoxy) is 1. The lowest BCUT2D eigenvalue weighted by molar-refractivity contribution is -0.159. The number of carbonyl (C=O) groups excluding carboxylic acids is 2. The molecule has 0 aromatic heterocycles. The van der Waals surface area contributed by atoms with E-state index >= 15 is 0 Å². The van der Waals surface area contributed by atoms with Gasteiger partial charge in [-0.15, -0.1) is 0 Å². The lowest BCUT2D eigenvalue weighted by Gasteiger charge is -2.25. The summed E-state index contributed by atoms with van der Waals surface area (Å²) < 4.78 is 5.31. The van der Waals surface area contributed by atoms with E-state index in [-0.39, 0.29) is 11.8 Å². The maximum absolute atomic E-state index is 12.2. The van der Waals surface area contributed by atoms with E-state index < -0.39 is 5.41 Å². The van der Waals surface area contributed by atoms with Gasteiger partial charge in [-0.25, -0.2) is 0 Å². The first-order chi connectivity index (χ1) is 8.67. The molecular formula is C15H26O3. The second-order valence-electron chi connectivity index (χ2n) is 5.31. The molecule has 0 N–H and O–H groups in total. The van der Waals surface area contributed by atoms with Crippen LogP contribution in [-0.4, -0.2) is 18.4 Å². The molecule has 1 unspecified atom stereocenters. The predicted octanol–water partition coefficient (Wildman–Crippen LogP) is 3.65. The number of rotatable bonds is 8. The molecule has 1 aliphatic rings. The summed E-state index contributed by atoms with van der Waals surface area (Å²) in [4.78, 5) is 24.3. The second-order valence-corrected chi connectivity index (χ2v) is 5.31. The summed E-state index contributed by atoms with van der Waals surface area (Å²) in [7, 11) is 0. The van der Waals surface area contributed by atoms with Crippen molar-refractivity contribution in [2.75, 3.05) is 6.61 Å². The molecule has 0 aromatic carbocycles. The molecular weight excluding hydrogens is 228 g/mol. The van der Waals surface area contributed by atoms with Gasteiger partial charge in [-0.3, -0.25) is 9.59 Å². The van der Waals surface area contributed by atoms with Crippen LogP contribution >= 0.6 is 0 Å². The number of Topliss-reactive ketones (excluding diaryl/α,β-unsaturated/α-hetero) is 1. The van der Waals surface area contributed by atoms with Crippen molar-refractivity contribution in [1.82, 2.24) is 0 Å². The molecule has 0 radical (unpaired) electrons. The molecule has 1 saturated carbocycles. The molecule has 0 saturated heterocycles. The summed E-state index contributed by atoms with van der Waals surface area (Å²) in [6, 6.07) is 0. The summed E-state index contributed by atoms with van der Waals surface area (Å²) >= 11 is 0. The molecule has 1 rings (SSSR count). The van der Waals surface area contributed by atoms with Gasteiger partial charge in [0.1, 0.15) is 11.2 Å². The van der Waals surface area contributed by atoms with Gasteiger partial charge < -0.3 is 4.74 Å². The summed E-state index contributed by atoms with van der Waals surface area (Å²) in [5.41, 5.74) is -0.789. The van der Waals surface area contributed by atoms with E-state index in [4.69, 9.17) is 4.74 Å². The quantitative estimate of drug-likeness (QED) is 0.377. The van der Waals surface area contributed by atoms with E-state index in [0.717, 1.165) is 38.5 Å². The first kappa shape index (κ1) is 15.2. The van der Waals surface area contributed by atoms with E-state index in [9.17, 15) is 9.59 Å². The first-order valence-corrected chi connectivity index (χ1v) is 7.38. The number of hydrogen-bond acceptors (Lipinski definition) is 3. The summed E-state index contributed by atoms with van der Waals surface area (Å²) in [6.45, 7) is 4.65. The fraction of sp³-hybridized carbons (Fsp3) is 0.867. The van der Waals surface area contributed by atoms with Gasteiger partial charge in [0.05, 0.1) is 6.61 Å². The van der Waals surface area contributed by atoms with Crippen molar-refractivity contribution in [1.29, 1.82) is 0 Å². The first-order valence-electron chi connectivity index (χ1n) is 7.38. The van der Waals surface area contributed by atoms with Crippen molar-refractivity contribution in [3.63, 3.8) is 0 Å². The molecule has 1 atom stereocenters. The Labute approximate surface area is 110 Å². The topological polar surface area (TPSA) is 43.4 Å². The average molecular weight is 254 g/mol. The van der Waals surface area contributed by atoms with E-state index in [1.54, 1.807) is 0 Å². The number of unbranched alkanes of at least 4 members (excludes halogenated alkanes) is 3. The molecule has 3 heteroatoms. The van der Waals surface area contributed by atoms with Crippen molar-refractivity contribution in [3.05, 3.63) is 0 Å². The number of esters is 1. The molecule has 3 nitrogen and oxygen atoms in total. The van der Waals surface area contributed by atoms with Crippen LogP contribution in [0.25, 0.3) is 0 Å². The highest BCUT2D eigenvalue weighted by molar-refractivity contribution is 6.05. The molecule has 0 bridgehead atoms. The zero-order valence-electron chi connectivity index (χ0n) is 11.8. The molecule has 1 fully saturated rings. The second kappa shape index (κ2) is 7.55. The standard InChI is InChI=1S/C15H26O3/c1-3-5-7-10-15(11-8-9-13(15)16)14(17)18-12-6-4-2/h3-12H2,1-2H3. The van der Waals surface area contributed by atoms with Crippen LogP contribution in [0.5, 0.6) is 0 Å². The van der Waals surface area contributed by atoms with Gasteiger partial charge in [-0.1, -0.05) is 39.5 Å². The highest BCUT2D eigenvalue weighted by Crippen LogP contribution is 2.40. The maximum atomic E-state index is 12.2. The zero-order valence-corrected chi connectivity index (χ0v) is 11.8. The average Bonchev–Trinajstić information content (AvgIpc) is 2.73. The van der Waals surface area contributed by atoms with Gasteiger partial charge in [-0.05, 0) is 25.7 Å². The maximum Gasteiger partial charge on any atom is 0.319 e. The summed E-state index contributed by atoms with van der Waals surface area (Å²) in [6.07, 6.45) is 7.79. The highest BCUT2D eigenvalue weighted by Gasteiger charge is 2.49. The highest BCUT2D eigenvalue weighted by atomic mass is 16.5. The number of carbonyl (C=O) groups is 2. The van der Waals surface area contributed by atoms with E-state index in [2.05, 4.69) is 13.8 Å². The van der Waals surface area contributed by atoms with Gasteiger partial charge in [0, 0.05) is 6.42 Å². The van der Waals surface area contributed by atoms with Crippen LogP contribution in [0.15, 0.2) is 0 Å². The van der Waals surface area contributed by atoms with E-state index in [0.29, 0.717) is 25.9 Å². The van der Waals surface area contributed by atoms with Gasteiger partial charge in [0.2, 0.25) is 0 Å². The van der Waals surface area contributed by atoms with Crippen molar-refractivity contribution in [2.45, 2.75) is 71.6 Å². The Morgan fingerprint density at radius 2 is 1.94 bits per heavy atom. The monoisotopic (exact) mass is 254 g/mol. The summed E-state index contributed by atoms with van der Waals surface area (Å²) in [5.74, 6) is -0.144. The predicted molar refractivity (Wildman–Crippen MR) is 71.3 cm³/mol. The third-order valence-corrected chi connectivity index (χ3v) is 3.87.